The molecule has 0 saturated carbocycles. The average Bonchev–Trinajstić information content (AvgIpc) is 2.30. The van der Waals surface area contributed by atoms with E-state index in [2.05, 4.69) is 15.9 Å². The van der Waals surface area contributed by atoms with Gasteiger partial charge >= 0.3 is 5.97 Å². The van der Waals surface area contributed by atoms with Crippen molar-refractivity contribution in [3.8, 4) is 0 Å². The molecule has 1 rings (SSSR count). The van der Waals surface area contributed by atoms with Crippen molar-refractivity contribution in [1.82, 2.24) is 0 Å². The maximum absolute atomic E-state index is 11.6. The Morgan fingerprint density at radius 3 is 2.53 bits per heavy atom. The topological polar surface area (TPSA) is 43.4 Å². The van der Waals surface area contributed by atoms with Crippen molar-refractivity contribution in [3.63, 3.8) is 0 Å². The van der Waals surface area contributed by atoms with Crippen molar-refractivity contribution in [2.75, 3.05) is 6.61 Å². The van der Waals surface area contributed by atoms with Crippen molar-refractivity contribution >= 4 is 33.8 Å². The van der Waals surface area contributed by atoms with E-state index in [1.54, 1.807) is 13.0 Å². The zero-order valence-electron chi connectivity index (χ0n) is 9.48. The minimum atomic E-state index is -0.504. The second-order valence-corrected chi connectivity index (χ2v) is 4.16. The highest BCUT2D eigenvalue weighted by Crippen LogP contribution is 2.14. The van der Waals surface area contributed by atoms with Crippen LogP contribution in [0.5, 0.6) is 0 Å². The number of esters is 1. The van der Waals surface area contributed by atoms with Crippen molar-refractivity contribution in [1.29, 1.82) is 0 Å². The lowest BCUT2D eigenvalue weighted by atomic mass is 10.2. The molecule has 0 bridgehead atoms. The molecule has 0 heterocycles. The molecule has 4 heteroatoms. The SMILES string of the molecule is CCOC(=O)CC(=O)C(Br)=Cc1ccccc1. The fraction of sp³-hybridized carbons (Fsp3) is 0.231. The Balaban J connectivity index is 2.64. The van der Waals surface area contributed by atoms with Crippen LogP contribution in [0.15, 0.2) is 34.8 Å². The number of halogens is 1. The first-order chi connectivity index (χ1) is 8.13. The number of benzene rings is 1. The molecular weight excluding hydrogens is 284 g/mol. The summed E-state index contributed by atoms with van der Waals surface area (Å²) >= 11 is 3.16. The van der Waals surface area contributed by atoms with Gasteiger partial charge in [-0.25, -0.2) is 0 Å². The molecule has 0 saturated heterocycles. The number of hydrogen-bond donors (Lipinski definition) is 0. The van der Waals surface area contributed by atoms with Crippen LogP contribution >= 0.6 is 15.9 Å². The number of hydrogen-bond acceptors (Lipinski definition) is 3. The molecule has 0 atom stereocenters. The molecule has 3 nitrogen and oxygen atoms in total. The number of Topliss-reactive ketones (excluding diaryl/α,β-unsaturated/α-hetero) is 1. The van der Waals surface area contributed by atoms with Gasteiger partial charge in [0.25, 0.3) is 0 Å². The largest absolute Gasteiger partial charge is 0.466 e. The zero-order chi connectivity index (χ0) is 12.7. The first-order valence-corrected chi connectivity index (χ1v) is 6.04. The van der Waals surface area contributed by atoms with Gasteiger partial charge in [0.1, 0.15) is 6.42 Å². The molecule has 0 amide bonds. The molecule has 1 aromatic rings. The summed E-state index contributed by atoms with van der Waals surface area (Å²) < 4.78 is 5.08. The molecule has 0 fully saturated rings. The van der Waals surface area contributed by atoms with Gasteiger partial charge in [-0.3, -0.25) is 9.59 Å². The van der Waals surface area contributed by atoms with E-state index < -0.39 is 5.97 Å². The Morgan fingerprint density at radius 2 is 1.94 bits per heavy atom. The highest BCUT2D eigenvalue weighted by molar-refractivity contribution is 9.12. The van der Waals surface area contributed by atoms with Crippen molar-refractivity contribution in [2.24, 2.45) is 0 Å². The first-order valence-electron chi connectivity index (χ1n) is 5.24. The highest BCUT2D eigenvalue weighted by atomic mass is 79.9. The Hall–Kier alpha value is -1.42. The van der Waals surface area contributed by atoms with Crippen LogP contribution in [0.4, 0.5) is 0 Å². The van der Waals surface area contributed by atoms with Gasteiger partial charge in [-0.15, -0.1) is 0 Å². The van der Waals surface area contributed by atoms with Crippen LogP contribution in [0.25, 0.3) is 6.08 Å². The van der Waals surface area contributed by atoms with Gasteiger partial charge in [-0.2, -0.15) is 0 Å². The molecule has 0 radical (unpaired) electrons. The smallest absolute Gasteiger partial charge is 0.313 e. The van der Waals surface area contributed by atoms with Crippen molar-refractivity contribution < 1.29 is 14.3 Å². The molecule has 1 aromatic carbocycles. The highest BCUT2D eigenvalue weighted by Gasteiger charge is 2.12. The number of allylic oxidation sites excluding steroid dienone is 1. The summed E-state index contributed by atoms with van der Waals surface area (Å²) in [6.45, 7) is 1.99. The Labute approximate surface area is 109 Å². The second kappa shape index (κ2) is 7.01. The summed E-state index contributed by atoms with van der Waals surface area (Å²) in [7, 11) is 0. The zero-order valence-corrected chi connectivity index (χ0v) is 11.1. The van der Waals surface area contributed by atoms with Crippen LogP contribution < -0.4 is 0 Å². The summed E-state index contributed by atoms with van der Waals surface area (Å²) in [4.78, 5) is 22.7. The Kier molecular flexibility index (Phi) is 5.63. The molecule has 17 heavy (non-hydrogen) atoms. The van der Waals surface area contributed by atoms with Crippen LogP contribution in [-0.2, 0) is 14.3 Å². The van der Waals surface area contributed by atoms with Gasteiger partial charge in [0.05, 0.1) is 11.1 Å². The quantitative estimate of drug-likeness (QED) is 0.477. The minimum Gasteiger partial charge on any atom is -0.466 e. The molecule has 0 aliphatic carbocycles. The van der Waals surface area contributed by atoms with E-state index in [4.69, 9.17) is 4.74 Å². The monoisotopic (exact) mass is 296 g/mol. The summed E-state index contributed by atoms with van der Waals surface area (Å²) in [5.41, 5.74) is 0.900. The summed E-state index contributed by atoms with van der Waals surface area (Å²) in [5, 5.41) is 0. The third-order valence-corrected chi connectivity index (χ3v) is 2.64. The van der Waals surface area contributed by atoms with E-state index in [0.29, 0.717) is 4.48 Å². The lowest BCUT2D eigenvalue weighted by Gasteiger charge is -2.01. The standard InChI is InChI=1S/C13H13BrO3/c1-2-17-13(16)9-12(15)11(14)8-10-6-4-3-5-7-10/h3-8H,2,9H2,1H3. The van der Waals surface area contributed by atoms with E-state index in [1.807, 2.05) is 30.3 Å². The number of ketones is 1. The lowest BCUT2D eigenvalue weighted by molar-refractivity contribution is -0.144. The third-order valence-electron chi connectivity index (χ3n) is 1.97. The predicted octanol–water partition coefficient (Wildman–Crippen LogP) is 2.94. The van der Waals surface area contributed by atoms with E-state index in [1.165, 1.54) is 0 Å². The van der Waals surface area contributed by atoms with Crippen molar-refractivity contribution in [3.05, 3.63) is 40.4 Å². The molecule has 0 N–H and O–H groups in total. The van der Waals surface area contributed by atoms with Gasteiger partial charge in [-0.05, 0) is 34.5 Å². The van der Waals surface area contributed by atoms with Crippen LogP contribution in [0.2, 0.25) is 0 Å². The predicted molar refractivity (Wildman–Crippen MR) is 69.6 cm³/mol. The molecule has 0 aromatic heterocycles. The average molecular weight is 297 g/mol. The number of carbonyl (C=O) groups is 2. The molecule has 0 unspecified atom stereocenters. The van der Waals surface area contributed by atoms with Gasteiger partial charge in [-0.1, -0.05) is 30.3 Å². The molecular formula is C13H13BrO3. The van der Waals surface area contributed by atoms with Crippen LogP contribution in [0.1, 0.15) is 18.9 Å². The van der Waals surface area contributed by atoms with Crippen LogP contribution in [0, 0.1) is 0 Å². The number of ether oxygens (including phenoxy) is 1. The molecule has 90 valence electrons. The van der Waals surface area contributed by atoms with Crippen molar-refractivity contribution in [2.45, 2.75) is 13.3 Å². The van der Waals surface area contributed by atoms with Crippen LogP contribution in [-0.4, -0.2) is 18.4 Å². The third kappa shape index (κ3) is 4.95. The normalized spacial score (nSPS) is 11.1. The van der Waals surface area contributed by atoms with Gasteiger partial charge in [0, 0.05) is 0 Å². The minimum absolute atomic E-state index is 0.238. The lowest BCUT2D eigenvalue weighted by Crippen LogP contribution is -2.10. The maximum Gasteiger partial charge on any atom is 0.313 e. The second-order valence-electron chi connectivity index (χ2n) is 3.31. The maximum atomic E-state index is 11.6. The van der Waals surface area contributed by atoms with E-state index in [0.717, 1.165) is 5.56 Å². The summed E-state index contributed by atoms with van der Waals surface area (Å²) in [5.74, 6) is -0.789. The van der Waals surface area contributed by atoms with Gasteiger partial charge < -0.3 is 4.74 Å². The molecule has 0 spiro atoms. The van der Waals surface area contributed by atoms with E-state index in [-0.39, 0.29) is 18.8 Å². The number of rotatable bonds is 5. The summed E-state index contributed by atoms with van der Waals surface area (Å²) in [6, 6.07) is 9.40. The molecule has 0 aliphatic rings. The van der Waals surface area contributed by atoms with Crippen LogP contribution in [0.3, 0.4) is 0 Å². The fourth-order valence-electron chi connectivity index (χ4n) is 1.20. The van der Waals surface area contributed by atoms with Gasteiger partial charge in [0.2, 0.25) is 0 Å². The Bertz CT molecular complexity index is 424. The first kappa shape index (κ1) is 13.6. The molecule has 0 aliphatic heterocycles. The van der Waals surface area contributed by atoms with E-state index in [9.17, 15) is 9.59 Å². The summed E-state index contributed by atoms with van der Waals surface area (Å²) in [6.07, 6.45) is 1.44. The fourth-order valence-corrected chi connectivity index (χ4v) is 1.61. The van der Waals surface area contributed by atoms with Gasteiger partial charge in [0.15, 0.2) is 5.78 Å². The van der Waals surface area contributed by atoms with E-state index >= 15 is 0 Å². The Morgan fingerprint density at radius 1 is 1.29 bits per heavy atom. The number of carbonyl (C=O) groups excluding carboxylic acids is 2.